The van der Waals surface area contributed by atoms with Crippen LogP contribution in [0, 0.1) is 5.92 Å². The lowest BCUT2D eigenvalue weighted by atomic mass is 9.93. The fourth-order valence-corrected chi connectivity index (χ4v) is 3.14. The van der Waals surface area contributed by atoms with Crippen LogP contribution in [0.1, 0.15) is 32.6 Å². The van der Waals surface area contributed by atoms with E-state index in [-0.39, 0.29) is 4.75 Å². The molecular weight excluding hydrogens is 172 g/mol. The molecule has 0 spiro atoms. The molecule has 1 N–H and O–H groups in total. The van der Waals surface area contributed by atoms with Crippen LogP contribution in [-0.4, -0.2) is 13.5 Å². The predicted molar refractivity (Wildman–Crippen MR) is 51.3 cm³/mol. The van der Waals surface area contributed by atoms with E-state index in [1.165, 1.54) is 0 Å². The highest BCUT2D eigenvalue weighted by molar-refractivity contribution is 7.80. The van der Waals surface area contributed by atoms with Gasteiger partial charge in [0.15, 0.2) is 11.1 Å². The molecule has 3 atom stereocenters. The summed E-state index contributed by atoms with van der Waals surface area (Å²) in [5, 5.41) is 0. The van der Waals surface area contributed by atoms with Crippen molar-refractivity contribution in [3.63, 3.8) is 0 Å². The van der Waals surface area contributed by atoms with Gasteiger partial charge in [-0.2, -0.15) is 0 Å². The molecule has 12 heavy (non-hydrogen) atoms. The lowest BCUT2D eigenvalue weighted by molar-refractivity contribution is 0.416. The van der Waals surface area contributed by atoms with Crippen LogP contribution < -0.4 is 0 Å². The van der Waals surface area contributed by atoms with Gasteiger partial charge in [0, 0.05) is 0 Å². The molecule has 0 aromatic rings. The standard InChI is InChI=1S/C9H16O2S/c1-3-6-9(12(10)11)7-4-5-8(9)2/h3,8H,1,4-7H2,2H3,(H,10,11). The van der Waals surface area contributed by atoms with Gasteiger partial charge >= 0.3 is 0 Å². The first kappa shape index (κ1) is 9.93. The van der Waals surface area contributed by atoms with Gasteiger partial charge in [0.1, 0.15) is 0 Å². The van der Waals surface area contributed by atoms with Crippen molar-refractivity contribution < 1.29 is 8.76 Å². The van der Waals surface area contributed by atoms with Crippen molar-refractivity contribution in [3.05, 3.63) is 12.7 Å². The zero-order valence-corrected chi connectivity index (χ0v) is 8.27. The monoisotopic (exact) mass is 188 g/mol. The zero-order valence-electron chi connectivity index (χ0n) is 7.45. The normalized spacial score (nSPS) is 38.0. The number of allylic oxidation sites excluding steroid dienone is 1. The Balaban J connectivity index is 2.84. The van der Waals surface area contributed by atoms with Gasteiger partial charge in [0.2, 0.25) is 0 Å². The fourth-order valence-electron chi connectivity index (χ4n) is 2.10. The van der Waals surface area contributed by atoms with Crippen molar-refractivity contribution in [1.82, 2.24) is 0 Å². The largest absolute Gasteiger partial charge is 0.306 e. The van der Waals surface area contributed by atoms with Gasteiger partial charge < -0.3 is 4.55 Å². The van der Waals surface area contributed by atoms with Crippen LogP contribution in [0.25, 0.3) is 0 Å². The van der Waals surface area contributed by atoms with Crippen LogP contribution in [0.4, 0.5) is 0 Å². The second-order valence-corrected chi connectivity index (χ2v) is 4.91. The maximum atomic E-state index is 11.2. The molecule has 3 heteroatoms. The van der Waals surface area contributed by atoms with E-state index >= 15 is 0 Å². The zero-order chi connectivity index (χ0) is 9.19. The highest BCUT2D eigenvalue weighted by Gasteiger charge is 2.44. The molecule has 0 amide bonds. The molecule has 0 aromatic carbocycles. The molecule has 1 saturated carbocycles. The van der Waals surface area contributed by atoms with Gasteiger partial charge in [-0.25, -0.2) is 4.21 Å². The lowest BCUT2D eigenvalue weighted by Gasteiger charge is -2.28. The summed E-state index contributed by atoms with van der Waals surface area (Å²) in [4.78, 5) is 0. The van der Waals surface area contributed by atoms with Crippen LogP contribution in [0.3, 0.4) is 0 Å². The lowest BCUT2D eigenvalue weighted by Crippen LogP contribution is -2.36. The van der Waals surface area contributed by atoms with Crippen LogP contribution in [0.2, 0.25) is 0 Å². The van der Waals surface area contributed by atoms with Gasteiger partial charge in [0.25, 0.3) is 0 Å². The summed E-state index contributed by atoms with van der Waals surface area (Å²) in [5.41, 5.74) is 0. The van der Waals surface area contributed by atoms with E-state index in [0.29, 0.717) is 12.3 Å². The Morgan fingerprint density at radius 1 is 1.83 bits per heavy atom. The molecule has 0 radical (unpaired) electrons. The summed E-state index contributed by atoms with van der Waals surface area (Å²) in [7, 11) is 0. The predicted octanol–water partition coefficient (Wildman–Crippen LogP) is 2.34. The molecule has 1 rings (SSSR count). The second-order valence-electron chi connectivity index (χ2n) is 3.60. The fraction of sp³-hybridized carbons (Fsp3) is 0.778. The summed E-state index contributed by atoms with van der Waals surface area (Å²) in [6.45, 7) is 5.70. The molecule has 0 heterocycles. The maximum Gasteiger partial charge on any atom is 0.159 e. The third-order valence-corrected chi connectivity index (χ3v) is 4.44. The minimum absolute atomic E-state index is 0.348. The van der Waals surface area contributed by atoms with Crippen molar-refractivity contribution in [2.45, 2.75) is 37.4 Å². The summed E-state index contributed by atoms with van der Waals surface area (Å²) >= 11 is -1.70. The minimum Gasteiger partial charge on any atom is -0.306 e. The summed E-state index contributed by atoms with van der Waals surface area (Å²) in [5.74, 6) is 0.348. The molecule has 1 aliphatic rings. The molecule has 0 aromatic heterocycles. The molecule has 1 aliphatic carbocycles. The number of hydrogen-bond acceptors (Lipinski definition) is 1. The van der Waals surface area contributed by atoms with Crippen LogP contribution in [0.15, 0.2) is 12.7 Å². The minimum atomic E-state index is -1.70. The molecule has 0 saturated heterocycles. The highest BCUT2D eigenvalue weighted by atomic mass is 32.2. The Hall–Kier alpha value is -0.150. The first-order chi connectivity index (χ1) is 5.63. The number of hydrogen-bond donors (Lipinski definition) is 1. The Labute approximate surface area is 76.3 Å². The van der Waals surface area contributed by atoms with Crippen molar-refractivity contribution >= 4 is 11.1 Å². The highest BCUT2D eigenvalue weighted by Crippen LogP contribution is 2.42. The molecule has 1 fully saturated rings. The van der Waals surface area contributed by atoms with E-state index in [0.717, 1.165) is 19.3 Å². The van der Waals surface area contributed by atoms with E-state index in [1.54, 1.807) is 6.08 Å². The van der Waals surface area contributed by atoms with Crippen molar-refractivity contribution in [2.24, 2.45) is 5.92 Å². The van der Waals surface area contributed by atoms with E-state index in [4.69, 9.17) is 0 Å². The van der Waals surface area contributed by atoms with Gasteiger partial charge in [-0.1, -0.05) is 19.4 Å². The van der Waals surface area contributed by atoms with Crippen molar-refractivity contribution in [3.8, 4) is 0 Å². The average molecular weight is 188 g/mol. The topological polar surface area (TPSA) is 37.3 Å². The van der Waals surface area contributed by atoms with Crippen LogP contribution in [0.5, 0.6) is 0 Å². The Bertz CT molecular complexity index is 203. The second kappa shape index (κ2) is 3.71. The van der Waals surface area contributed by atoms with Crippen molar-refractivity contribution in [2.75, 3.05) is 0 Å². The SMILES string of the molecule is C=CCC1(S(=O)O)CCCC1C. The summed E-state index contributed by atoms with van der Waals surface area (Å²) in [6, 6.07) is 0. The maximum absolute atomic E-state index is 11.2. The van der Waals surface area contributed by atoms with Crippen LogP contribution in [-0.2, 0) is 11.1 Å². The Morgan fingerprint density at radius 2 is 2.50 bits per heavy atom. The molecule has 3 unspecified atom stereocenters. The van der Waals surface area contributed by atoms with E-state index < -0.39 is 11.1 Å². The quantitative estimate of drug-likeness (QED) is 0.545. The third kappa shape index (κ3) is 1.48. The average Bonchev–Trinajstić information content (AvgIpc) is 2.34. The van der Waals surface area contributed by atoms with Crippen molar-refractivity contribution in [1.29, 1.82) is 0 Å². The molecule has 70 valence electrons. The first-order valence-corrected chi connectivity index (χ1v) is 5.46. The Morgan fingerprint density at radius 3 is 2.83 bits per heavy atom. The smallest absolute Gasteiger partial charge is 0.159 e. The number of rotatable bonds is 3. The third-order valence-electron chi connectivity index (χ3n) is 2.97. The van der Waals surface area contributed by atoms with Gasteiger partial charge in [-0.05, 0) is 25.2 Å². The molecular formula is C9H16O2S. The molecule has 2 nitrogen and oxygen atoms in total. The van der Waals surface area contributed by atoms with Gasteiger partial charge in [-0.15, -0.1) is 6.58 Å². The molecule has 0 aliphatic heterocycles. The molecule has 0 bridgehead atoms. The summed E-state index contributed by atoms with van der Waals surface area (Å²) in [6.07, 6.45) is 5.43. The van der Waals surface area contributed by atoms with E-state index in [1.807, 2.05) is 0 Å². The summed E-state index contributed by atoms with van der Waals surface area (Å²) < 4.78 is 20.0. The first-order valence-electron chi connectivity index (χ1n) is 4.35. The van der Waals surface area contributed by atoms with E-state index in [9.17, 15) is 8.76 Å². The van der Waals surface area contributed by atoms with Gasteiger partial charge in [-0.3, -0.25) is 0 Å². The van der Waals surface area contributed by atoms with Crippen LogP contribution >= 0.6 is 0 Å². The Kier molecular flexibility index (Phi) is 3.07. The van der Waals surface area contributed by atoms with E-state index in [2.05, 4.69) is 13.5 Å². The van der Waals surface area contributed by atoms with Gasteiger partial charge in [0.05, 0.1) is 4.75 Å².